The van der Waals surface area contributed by atoms with Gasteiger partial charge in [0.25, 0.3) is 0 Å². The van der Waals surface area contributed by atoms with Gasteiger partial charge in [0.2, 0.25) is 0 Å². The molecule has 0 aliphatic rings. The van der Waals surface area contributed by atoms with Crippen LogP contribution in [0.5, 0.6) is 0 Å². The van der Waals surface area contributed by atoms with Gasteiger partial charge in [-0.15, -0.1) is 25.3 Å². The molecular formula is C14H9Cl3S2. The van der Waals surface area contributed by atoms with Crippen LogP contribution in [0.4, 0.5) is 0 Å². The van der Waals surface area contributed by atoms with E-state index >= 15 is 0 Å². The molecule has 0 aromatic heterocycles. The lowest BCUT2D eigenvalue weighted by Crippen LogP contribution is -1.84. The fourth-order valence-corrected chi connectivity index (χ4v) is 2.84. The van der Waals surface area contributed by atoms with Gasteiger partial charge in [0.05, 0.1) is 5.02 Å². The molecule has 0 radical (unpaired) electrons. The van der Waals surface area contributed by atoms with Gasteiger partial charge < -0.3 is 0 Å². The number of halogens is 3. The van der Waals surface area contributed by atoms with Crippen LogP contribution in [0.15, 0.2) is 42.5 Å². The van der Waals surface area contributed by atoms with Crippen LogP contribution in [0.25, 0.3) is 9.81 Å². The molecule has 2 aromatic rings. The fraction of sp³-hybridized carbons (Fsp3) is 0. The normalized spacial score (nSPS) is 12.3. The first-order valence-corrected chi connectivity index (χ1v) is 7.35. The molecule has 0 unspecified atom stereocenters. The molecule has 19 heavy (non-hydrogen) atoms. The van der Waals surface area contributed by atoms with Crippen molar-refractivity contribution in [2.45, 2.75) is 0 Å². The molecule has 0 spiro atoms. The minimum atomic E-state index is 0.540. The van der Waals surface area contributed by atoms with E-state index in [1.807, 2.05) is 18.2 Å². The molecule has 5 heteroatoms. The molecule has 0 atom stereocenters. The van der Waals surface area contributed by atoms with Crippen molar-refractivity contribution in [3.05, 3.63) is 68.7 Å². The second-order valence-electron chi connectivity index (χ2n) is 3.83. The van der Waals surface area contributed by atoms with E-state index in [2.05, 4.69) is 25.3 Å². The highest BCUT2D eigenvalue weighted by molar-refractivity contribution is 7.96. The maximum absolute atomic E-state index is 6.16. The Morgan fingerprint density at radius 1 is 0.737 bits per heavy atom. The van der Waals surface area contributed by atoms with Crippen molar-refractivity contribution in [3.63, 3.8) is 0 Å². The largest absolute Gasteiger partial charge is 0.142 e. The molecule has 0 amide bonds. The van der Waals surface area contributed by atoms with Gasteiger partial charge in [-0.05, 0) is 29.8 Å². The summed E-state index contributed by atoms with van der Waals surface area (Å²) in [6.45, 7) is 0. The lowest BCUT2D eigenvalue weighted by molar-refractivity contribution is 1.63. The molecule has 0 bridgehead atoms. The summed E-state index contributed by atoms with van der Waals surface area (Å²) in [4.78, 5) is 1.41. The third kappa shape index (κ3) is 3.65. The minimum Gasteiger partial charge on any atom is -0.142 e. The van der Waals surface area contributed by atoms with Crippen LogP contribution < -0.4 is 0 Å². The fourth-order valence-electron chi connectivity index (χ4n) is 1.55. The molecule has 0 saturated heterocycles. The lowest BCUT2D eigenvalue weighted by Gasteiger charge is -2.09. The van der Waals surface area contributed by atoms with Crippen molar-refractivity contribution in [2.75, 3.05) is 0 Å². The first-order valence-electron chi connectivity index (χ1n) is 5.32. The predicted molar refractivity (Wildman–Crippen MR) is 92.7 cm³/mol. The van der Waals surface area contributed by atoms with E-state index < -0.39 is 0 Å². The van der Waals surface area contributed by atoms with E-state index in [0.29, 0.717) is 20.0 Å². The first-order chi connectivity index (χ1) is 8.99. The number of benzene rings is 2. The van der Waals surface area contributed by atoms with E-state index in [9.17, 15) is 0 Å². The molecular weight excluding hydrogens is 339 g/mol. The van der Waals surface area contributed by atoms with Crippen LogP contribution >= 0.6 is 60.1 Å². The second kappa shape index (κ2) is 6.47. The van der Waals surface area contributed by atoms with Crippen molar-refractivity contribution < 1.29 is 0 Å². The topological polar surface area (TPSA) is 0 Å². The predicted octanol–water partition coefficient (Wildman–Crippen LogP) is 6.33. The zero-order chi connectivity index (χ0) is 14.0. The van der Waals surface area contributed by atoms with Crippen LogP contribution in [-0.2, 0) is 0 Å². The summed E-state index contributed by atoms with van der Waals surface area (Å²) < 4.78 is 0. The van der Waals surface area contributed by atoms with Gasteiger partial charge in [-0.25, -0.2) is 0 Å². The van der Waals surface area contributed by atoms with Gasteiger partial charge in [0, 0.05) is 25.4 Å². The van der Waals surface area contributed by atoms with Crippen LogP contribution in [0.1, 0.15) is 11.1 Å². The zero-order valence-corrected chi connectivity index (χ0v) is 13.6. The van der Waals surface area contributed by atoms with Crippen molar-refractivity contribution in [1.82, 2.24) is 0 Å². The number of thiol groups is 2. The number of rotatable bonds is 2. The highest BCUT2D eigenvalue weighted by Gasteiger charge is 2.09. The summed E-state index contributed by atoms with van der Waals surface area (Å²) in [7, 11) is 0. The second-order valence-corrected chi connectivity index (χ2v) is 6.00. The van der Waals surface area contributed by atoms with E-state index in [4.69, 9.17) is 34.8 Å². The quantitative estimate of drug-likeness (QED) is 0.460. The standard InChI is InChI=1S/C14H9Cl3S2/c15-9-3-1-8(2-4-9)13(18)14(19)11-6-5-10(16)7-12(11)17/h1-7,18-19H/b14-13-. The summed E-state index contributed by atoms with van der Waals surface area (Å²) in [5.74, 6) is 0. The molecule has 0 saturated carbocycles. The highest BCUT2D eigenvalue weighted by atomic mass is 35.5. The first kappa shape index (κ1) is 15.1. The summed E-state index contributed by atoms with van der Waals surface area (Å²) in [5, 5.41) is 1.80. The highest BCUT2D eigenvalue weighted by Crippen LogP contribution is 2.36. The Balaban J connectivity index is 2.48. The minimum absolute atomic E-state index is 0.540. The van der Waals surface area contributed by atoms with Gasteiger partial charge in [-0.2, -0.15) is 0 Å². The molecule has 0 fully saturated rings. The zero-order valence-electron chi connectivity index (χ0n) is 9.57. The summed E-state index contributed by atoms with van der Waals surface area (Å²) in [6.07, 6.45) is 0. The Bertz CT molecular complexity index is 634. The van der Waals surface area contributed by atoms with Gasteiger partial charge in [-0.1, -0.05) is 53.0 Å². The van der Waals surface area contributed by atoms with Gasteiger partial charge in [-0.3, -0.25) is 0 Å². The van der Waals surface area contributed by atoms with E-state index in [1.54, 1.807) is 24.3 Å². The Labute approximate surface area is 138 Å². The van der Waals surface area contributed by atoms with Crippen LogP contribution in [0.2, 0.25) is 15.1 Å². The smallest absolute Gasteiger partial charge is 0.0504 e. The molecule has 0 aliphatic heterocycles. The number of hydrogen-bond acceptors (Lipinski definition) is 2. The molecule has 0 heterocycles. The average Bonchev–Trinajstić information content (AvgIpc) is 2.38. The van der Waals surface area contributed by atoms with Crippen molar-refractivity contribution >= 4 is 69.9 Å². The molecule has 2 aromatic carbocycles. The maximum Gasteiger partial charge on any atom is 0.0504 e. The van der Waals surface area contributed by atoms with E-state index in [-0.39, 0.29) is 0 Å². The van der Waals surface area contributed by atoms with Crippen LogP contribution in [0, 0.1) is 0 Å². The third-order valence-electron chi connectivity index (χ3n) is 2.53. The van der Waals surface area contributed by atoms with Crippen molar-refractivity contribution in [3.8, 4) is 0 Å². The molecule has 98 valence electrons. The monoisotopic (exact) mass is 346 g/mol. The molecule has 0 aliphatic carbocycles. The lowest BCUT2D eigenvalue weighted by atomic mass is 10.1. The van der Waals surface area contributed by atoms with Crippen molar-refractivity contribution in [2.24, 2.45) is 0 Å². The van der Waals surface area contributed by atoms with Gasteiger partial charge in [0.15, 0.2) is 0 Å². The SMILES string of the molecule is S/C(=C(\S)c1ccc(Cl)cc1Cl)c1ccc(Cl)cc1. The molecule has 2 rings (SSSR count). The maximum atomic E-state index is 6.16. The number of hydrogen-bond donors (Lipinski definition) is 2. The Hall–Kier alpha value is -0.250. The van der Waals surface area contributed by atoms with Gasteiger partial charge in [0.1, 0.15) is 0 Å². The van der Waals surface area contributed by atoms with E-state index in [0.717, 1.165) is 16.0 Å². The Morgan fingerprint density at radius 3 is 1.89 bits per heavy atom. The summed E-state index contributed by atoms with van der Waals surface area (Å²) >= 11 is 26.9. The van der Waals surface area contributed by atoms with E-state index in [1.165, 1.54) is 0 Å². The average molecular weight is 348 g/mol. The summed E-state index contributed by atoms with van der Waals surface area (Å²) in [6, 6.07) is 12.6. The van der Waals surface area contributed by atoms with Crippen molar-refractivity contribution in [1.29, 1.82) is 0 Å². The Kier molecular flexibility index (Phi) is 5.15. The van der Waals surface area contributed by atoms with Crippen LogP contribution in [-0.4, -0.2) is 0 Å². The van der Waals surface area contributed by atoms with Crippen LogP contribution in [0.3, 0.4) is 0 Å². The summed E-state index contributed by atoms with van der Waals surface area (Å²) in [5.41, 5.74) is 1.71. The Morgan fingerprint density at radius 2 is 1.32 bits per heavy atom. The van der Waals surface area contributed by atoms with Gasteiger partial charge >= 0.3 is 0 Å². The third-order valence-corrected chi connectivity index (χ3v) is 4.45. The molecule has 0 nitrogen and oxygen atoms in total. The molecule has 0 N–H and O–H groups in total.